The first-order valence-electron chi connectivity index (χ1n) is 15.5. The van der Waals surface area contributed by atoms with Crippen molar-refractivity contribution in [2.75, 3.05) is 20.8 Å². The van der Waals surface area contributed by atoms with E-state index in [1.54, 1.807) is 37.8 Å². The van der Waals surface area contributed by atoms with Gasteiger partial charge in [0.05, 0.1) is 36.6 Å². The minimum absolute atomic E-state index is 0.174. The number of hydrogen-bond acceptors (Lipinski definition) is 7. The van der Waals surface area contributed by atoms with Gasteiger partial charge in [0.25, 0.3) is 5.56 Å². The molecule has 1 atom stereocenters. The van der Waals surface area contributed by atoms with Gasteiger partial charge >= 0.3 is 5.97 Å². The zero-order valence-corrected chi connectivity index (χ0v) is 27.3. The lowest BCUT2D eigenvalue weighted by Crippen LogP contribution is -2.40. The Balaban J connectivity index is 1.62. The fourth-order valence-electron chi connectivity index (χ4n) is 6.78. The van der Waals surface area contributed by atoms with E-state index in [0.717, 1.165) is 16.8 Å². The van der Waals surface area contributed by atoms with Crippen molar-refractivity contribution in [3.8, 4) is 11.5 Å². The summed E-state index contributed by atoms with van der Waals surface area (Å²) in [5, 5.41) is 0. The van der Waals surface area contributed by atoms with E-state index in [4.69, 9.17) is 19.2 Å². The highest BCUT2D eigenvalue weighted by atomic mass is 32.1. The molecular weight excluding hydrogens is 586 g/mol. The quantitative estimate of drug-likeness (QED) is 0.229. The monoisotopic (exact) mass is 625 g/mol. The molecule has 2 aromatic carbocycles. The Hall–Kier alpha value is -4.37. The number of nitrogens with zero attached hydrogens (tertiary/aromatic N) is 3. The van der Waals surface area contributed by atoms with Gasteiger partial charge < -0.3 is 18.8 Å². The van der Waals surface area contributed by atoms with Crippen LogP contribution in [0, 0.1) is 13.8 Å². The molecule has 2 aliphatic rings. The Bertz CT molecular complexity index is 1940. The molecule has 45 heavy (non-hydrogen) atoms. The maximum absolute atomic E-state index is 14.5. The molecule has 1 aliphatic heterocycles. The van der Waals surface area contributed by atoms with Crippen molar-refractivity contribution in [2.24, 2.45) is 4.99 Å². The number of aryl methyl sites for hydroxylation is 1. The van der Waals surface area contributed by atoms with Gasteiger partial charge in [-0.3, -0.25) is 9.36 Å². The molecule has 6 rings (SSSR count). The molecule has 8 nitrogen and oxygen atoms in total. The maximum Gasteiger partial charge on any atom is 0.338 e. The first-order valence-corrected chi connectivity index (χ1v) is 16.4. The van der Waals surface area contributed by atoms with Crippen molar-refractivity contribution in [1.82, 2.24) is 9.13 Å². The van der Waals surface area contributed by atoms with Crippen LogP contribution in [0.3, 0.4) is 0 Å². The molecule has 1 aliphatic carbocycles. The number of benzene rings is 2. The SMILES string of the molecule is CCOC(=O)C1=C(c2ccccc2)N=c2sc(=Cc3cc(C)n(C4CCCCC4)c3C)c(=O)n2[C@@H]1c1cc(OC)ccc1OC. The van der Waals surface area contributed by atoms with E-state index < -0.39 is 12.0 Å². The Morgan fingerprint density at radius 1 is 1.00 bits per heavy atom. The molecule has 1 fully saturated rings. The number of ether oxygens (including phenoxy) is 3. The van der Waals surface area contributed by atoms with Gasteiger partial charge in [0, 0.05) is 28.6 Å². The molecule has 2 aromatic heterocycles. The highest BCUT2D eigenvalue weighted by molar-refractivity contribution is 7.07. The minimum atomic E-state index is -0.864. The molecule has 234 valence electrons. The normalized spacial score (nSPS) is 17.2. The van der Waals surface area contributed by atoms with Gasteiger partial charge in [0.2, 0.25) is 0 Å². The number of carbonyl (C=O) groups excluding carboxylic acids is 1. The van der Waals surface area contributed by atoms with Crippen LogP contribution < -0.4 is 24.4 Å². The Morgan fingerprint density at radius 2 is 1.76 bits per heavy atom. The van der Waals surface area contributed by atoms with Crippen LogP contribution in [0.25, 0.3) is 11.8 Å². The molecule has 0 saturated heterocycles. The van der Waals surface area contributed by atoms with Crippen LogP contribution in [0.2, 0.25) is 0 Å². The number of thiazole rings is 1. The Morgan fingerprint density at radius 3 is 2.44 bits per heavy atom. The molecule has 0 radical (unpaired) electrons. The van der Waals surface area contributed by atoms with Crippen LogP contribution in [0.1, 0.15) is 79.2 Å². The highest BCUT2D eigenvalue weighted by Crippen LogP contribution is 2.40. The first kappa shape index (κ1) is 30.6. The van der Waals surface area contributed by atoms with E-state index in [0.29, 0.717) is 38.1 Å². The van der Waals surface area contributed by atoms with Gasteiger partial charge in [-0.15, -0.1) is 0 Å². The fraction of sp³-hybridized carbons (Fsp3) is 0.361. The fourth-order valence-corrected chi connectivity index (χ4v) is 7.77. The number of hydrogen-bond donors (Lipinski definition) is 0. The van der Waals surface area contributed by atoms with Gasteiger partial charge in [-0.1, -0.05) is 60.9 Å². The van der Waals surface area contributed by atoms with Gasteiger partial charge in [0.15, 0.2) is 4.80 Å². The van der Waals surface area contributed by atoms with Crippen molar-refractivity contribution >= 4 is 29.1 Å². The Kier molecular flexibility index (Phi) is 8.81. The van der Waals surface area contributed by atoms with Gasteiger partial charge in [-0.05, 0) is 69.5 Å². The Labute approximate surface area is 266 Å². The largest absolute Gasteiger partial charge is 0.497 e. The van der Waals surface area contributed by atoms with Gasteiger partial charge in [-0.2, -0.15) is 0 Å². The maximum atomic E-state index is 14.5. The first-order chi connectivity index (χ1) is 21.9. The predicted molar refractivity (Wildman–Crippen MR) is 177 cm³/mol. The van der Waals surface area contributed by atoms with Crippen LogP contribution in [0.5, 0.6) is 11.5 Å². The van der Waals surface area contributed by atoms with Crippen molar-refractivity contribution in [3.63, 3.8) is 0 Å². The number of methoxy groups -OCH3 is 2. The average molecular weight is 626 g/mol. The van der Waals surface area contributed by atoms with Crippen LogP contribution in [0.15, 0.2) is 70.0 Å². The number of esters is 1. The topological polar surface area (TPSA) is 84.1 Å². The second-order valence-electron chi connectivity index (χ2n) is 11.5. The van der Waals surface area contributed by atoms with Gasteiger partial charge in [0.1, 0.15) is 17.5 Å². The highest BCUT2D eigenvalue weighted by Gasteiger charge is 2.37. The lowest BCUT2D eigenvalue weighted by atomic mass is 9.92. The third-order valence-electron chi connectivity index (χ3n) is 8.86. The van der Waals surface area contributed by atoms with Crippen LogP contribution >= 0.6 is 11.3 Å². The second-order valence-corrected chi connectivity index (χ2v) is 12.5. The molecule has 9 heteroatoms. The van der Waals surface area contributed by atoms with Crippen LogP contribution in [-0.4, -0.2) is 35.9 Å². The van der Waals surface area contributed by atoms with Crippen LogP contribution in [0.4, 0.5) is 0 Å². The standard InChI is InChI=1S/C36H39N3O5S/c1-6-44-35(41)31-32(24-13-9-7-10-14-24)37-36-39(33(31)28-21-27(42-4)17-18-29(28)43-5)34(40)30(45-36)20-25-19-22(2)38(23(25)3)26-15-11-8-12-16-26/h7,9-10,13-14,17-21,26,33H,6,8,11-12,15-16H2,1-5H3/t33-/m1/s1. The van der Waals surface area contributed by atoms with Crippen molar-refractivity contribution in [2.45, 2.75) is 65.0 Å². The summed E-state index contributed by atoms with van der Waals surface area (Å²) in [7, 11) is 3.15. The molecule has 0 bridgehead atoms. The zero-order valence-electron chi connectivity index (χ0n) is 26.5. The van der Waals surface area contributed by atoms with E-state index in [2.05, 4.69) is 24.5 Å². The van der Waals surface area contributed by atoms with E-state index in [-0.39, 0.29) is 17.7 Å². The summed E-state index contributed by atoms with van der Waals surface area (Å²) in [4.78, 5) is 33.8. The summed E-state index contributed by atoms with van der Waals surface area (Å²) in [6.07, 6.45) is 8.12. The summed E-state index contributed by atoms with van der Waals surface area (Å²) in [5.41, 5.74) is 5.24. The summed E-state index contributed by atoms with van der Waals surface area (Å²) in [6, 6.07) is 16.7. The van der Waals surface area contributed by atoms with Crippen molar-refractivity contribution in [3.05, 3.63) is 108 Å². The molecule has 3 heterocycles. The summed E-state index contributed by atoms with van der Waals surface area (Å²) < 4.78 is 21.6. The molecular formula is C36H39N3O5S. The lowest BCUT2D eigenvalue weighted by Gasteiger charge is -2.27. The smallest absolute Gasteiger partial charge is 0.338 e. The number of fused-ring (bicyclic) bond motifs is 1. The molecule has 0 N–H and O–H groups in total. The molecule has 1 saturated carbocycles. The number of rotatable bonds is 8. The van der Waals surface area contributed by atoms with E-state index in [1.165, 1.54) is 49.1 Å². The summed E-state index contributed by atoms with van der Waals surface area (Å²) in [5.74, 6) is 0.548. The molecule has 0 amide bonds. The third-order valence-corrected chi connectivity index (χ3v) is 9.84. The molecule has 4 aromatic rings. The summed E-state index contributed by atoms with van der Waals surface area (Å²) in [6.45, 7) is 6.22. The van der Waals surface area contributed by atoms with Crippen molar-refractivity contribution < 1.29 is 19.0 Å². The van der Waals surface area contributed by atoms with Crippen LogP contribution in [-0.2, 0) is 9.53 Å². The van der Waals surface area contributed by atoms with E-state index in [1.807, 2.05) is 42.5 Å². The average Bonchev–Trinajstić information content (AvgIpc) is 3.53. The summed E-state index contributed by atoms with van der Waals surface area (Å²) >= 11 is 1.32. The number of aromatic nitrogens is 2. The van der Waals surface area contributed by atoms with E-state index >= 15 is 0 Å². The number of carbonyl (C=O) groups is 1. The van der Waals surface area contributed by atoms with E-state index in [9.17, 15) is 9.59 Å². The van der Waals surface area contributed by atoms with Gasteiger partial charge in [-0.25, -0.2) is 9.79 Å². The lowest BCUT2D eigenvalue weighted by molar-refractivity contribution is -0.138. The minimum Gasteiger partial charge on any atom is -0.497 e. The zero-order chi connectivity index (χ0) is 31.7. The predicted octanol–water partition coefficient (Wildman–Crippen LogP) is 5.88. The third kappa shape index (κ3) is 5.65. The van der Waals surface area contributed by atoms with Crippen molar-refractivity contribution in [1.29, 1.82) is 0 Å². The molecule has 0 spiro atoms. The molecule has 0 unspecified atom stereocenters. The second kappa shape index (κ2) is 12.9.